The van der Waals surface area contributed by atoms with E-state index in [1.807, 2.05) is 6.92 Å². The van der Waals surface area contributed by atoms with Crippen molar-refractivity contribution in [3.05, 3.63) is 0 Å². The second-order valence-electron chi connectivity index (χ2n) is 3.80. The Morgan fingerprint density at radius 2 is 2.08 bits per heavy atom. The van der Waals surface area contributed by atoms with Gasteiger partial charge in [-0.25, -0.2) is 0 Å². The zero-order valence-electron chi connectivity index (χ0n) is 8.47. The number of nitrogens with one attached hydrogen (secondary N) is 1. The van der Waals surface area contributed by atoms with Gasteiger partial charge in [-0.1, -0.05) is 0 Å². The van der Waals surface area contributed by atoms with Crippen molar-refractivity contribution in [2.24, 2.45) is 5.92 Å². The van der Waals surface area contributed by atoms with E-state index in [1.165, 1.54) is 12.8 Å². The Morgan fingerprint density at radius 3 is 2.58 bits per heavy atom. The maximum Gasteiger partial charge on any atom is 0.0671 e. The molecule has 2 heteroatoms. The predicted molar refractivity (Wildman–Crippen MR) is 51.3 cm³/mol. The molecule has 1 fully saturated rings. The van der Waals surface area contributed by atoms with Gasteiger partial charge in [-0.3, -0.25) is 0 Å². The van der Waals surface area contributed by atoms with Gasteiger partial charge in [-0.05, 0) is 39.5 Å². The quantitative estimate of drug-likeness (QED) is 0.658. The number of ether oxygens (including phenoxy) is 1. The van der Waals surface area contributed by atoms with Crippen LogP contribution >= 0.6 is 0 Å². The minimum atomic E-state index is 0.358. The summed E-state index contributed by atoms with van der Waals surface area (Å²) < 4.78 is 5.43. The van der Waals surface area contributed by atoms with Crippen LogP contribution in [0.25, 0.3) is 0 Å². The maximum absolute atomic E-state index is 5.43. The van der Waals surface area contributed by atoms with Crippen LogP contribution < -0.4 is 5.32 Å². The average Bonchev–Trinajstić information content (AvgIpc) is 2.83. The fourth-order valence-corrected chi connectivity index (χ4v) is 1.46. The van der Waals surface area contributed by atoms with Crippen LogP contribution in [0.2, 0.25) is 0 Å². The van der Waals surface area contributed by atoms with Gasteiger partial charge in [-0.15, -0.1) is 0 Å². The van der Waals surface area contributed by atoms with Gasteiger partial charge in [0.2, 0.25) is 0 Å². The summed E-state index contributed by atoms with van der Waals surface area (Å²) in [5.41, 5.74) is 0. The van der Waals surface area contributed by atoms with Crippen LogP contribution in [0.1, 0.15) is 33.6 Å². The van der Waals surface area contributed by atoms with Gasteiger partial charge in [0.1, 0.15) is 0 Å². The molecule has 2 atom stereocenters. The molecule has 1 N–H and O–H groups in total. The minimum Gasteiger partial charge on any atom is -0.377 e. The summed E-state index contributed by atoms with van der Waals surface area (Å²) in [7, 11) is 0. The van der Waals surface area contributed by atoms with Gasteiger partial charge in [0, 0.05) is 19.2 Å². The van der Waals surface area contributed by atoms with E-state index in [-0.39, 0.29) is 0 Å². The van der Waals surface area contributed by atoms with Gasteiger partial charge >= 0.3 is 0 Å². The van der Waals surface area contributed by atoms with Crippen molar-refractivity contribution in [2.75, 3.05) is 13.2 Å². The van der Waals surface area contributed by atoms with Crippen LogP contribution in [0.15, 0.2) is 0 Å². The molecular weight excluding hydrogens is 150 g/mol. The molecule has 0 aromatic carbocycles. The lowest BCUT2D eigenvalue weighted by Gasteiger charge is -2.17. The topological polar surface area (TPSA) is 21.3 Å². The van der Waals surface area contributed by atoms with E-state index < -0.39 is 0 Å². The highest BCUT2D eigenvalue weighted by molar-refractivity contribution is 4.83. The van der Waals surface area contributed by atoms with Crippen LogP contribution in [0.4, 0.5) is 0 Å². The van der Waals surface area contributed by atoms with E-state index >= 15 is 0 Å². The zero-order valence-corrected chi connectivity index (χ0v) is 8.47. The molecular formula is C10H21NO. The van der Waals surface area contributed by atoms with Crippen molar-refractivity contribution < 1.29 is 4.74 Å². The molecule has 0 radical (unpaired) electrons. The lowest BCUT2D eigenvalue weighted by molar-refractivity contribution is 0.0738. The highest BCUT2D eigenvalue weighted by Gasteiger charge is 2.27. The zero-order chi connectivity index (χ0) is 8.97. The fraction of sp³-hybridized carbons (Fsp3) is 1.00. The molecule has 1 aliphatic carbocycles. The van der Waals surface area contributed by atoms with E-state index in [4.69, 9.17) is 4.74 Å². The van der Waals surface area contributed by atoms with Crippen LogP contribution in [0.3, 0.4) is 0 Å². The molecule has 1 rings (SSSR count). The molecule has 2 nitrogen and oxygen atoms in total. The lowest BCUT2D eigenvalue weighted by atomic mass is 10.2. The molecule has 1 aliphatic rings. The monoisotopic (exact) mass is 171 g/mol. The second kappa shape index (κ2) is 4.83. The standard InChI is InChI=1S/C10H21NO/c1-4-12-8(2)7-11-9(3)10-5-6-10/h8-11H,4-7H2,1-3H3. The van der Waals surface area contributed by atoms with Crippen molar-refractivity contribution >= 4 is 0 Å². The van der Waals surface area contributed by atoms with Crippen LogP contribution in [0, 0.1) is 5.92 Å². The average molecular weight is 171 g/mol. The van der Waals surface area contributed by atoms with E-state index in [0.29, 0.717) is 12.1 Å². The van der Waals surface area contributed by atoms with Gasteiger partial charge in [0.25, 0.3) is 0 Å². The molecule has 0 aromatic heterocycles. The van der Waals surface area contributed by atoms with Gasteiger partial charge in [0.15, 0.2) is 0 Å². The van der Waals surface area contributed by atoms with Crippen molar-refractivity contribution in [3.8, 4) is 0 Å². The van der Waals surface area contributed by atoms with Crippen LogP contribution in [-0.2, 0) is 4.74 Å². The maximum atomic E-state index is 5.43. The third-order valence-electron chi connectivity index (χ3n) is 2.51. The van der Waals surface area contributed by atoms with Gasteiger partial charge < -0.3 is 10.1 Å². The number of hydrogen-bond donors (Lipinski definition) is 1. The molecule has 12 heavy (non-hydrogen) atoms. The summed E-state index contributed by atoms with van der Waals surface area (Å²) in [6, 6.07) is 0.688. The fourth-order valence-electron chi connectivity index (χ4n) is 1.46. The van der Waals surface area contributed by atoms with E-state index in [1.54, 1.807) is 0 Å². The van der Waals surface area contributed by atoms with Crippen molar-refractivity contribution in [1.82, 2.24) is 5.32 Å². The Morgan fingerprint density at radius 1 is 1.42 bits per heavy atom. The molecule has 0 heterocycles. The molecule has 2 unspecified atom stereocenters. The summed E-state index contributed by atoms with van der Waals surface area (Å²) in [5.74, 6) is 0.943. The molecule has 0 aliphatic heterocycles. The highest BCUT2D eigenvalue weighted by Crippen LogP contribution is 2.32. The smallest absolute Gasteiger partial charge is 0.0671 e. The molecule has 0 amide bonds. The van der Waals surface area contributed by atoms with Crippen LogP contribution in [0.5, 0.6) is 0 Å². The first-order valence-corrected chi connectivity index (χ1v) is 5.09. The summed E-state index contributed by atoms with van der Waals surface area (Å²) in [5, 5.41) is 3.50. The lowest BCUT2D eigenvalue weighted by Crippen LogP contribution is -2.34. The predicted octanol–water partition coefficient (Wildman–Crippen LogP) is 1.80. The van der Waals surface area contributed by atoms with E-state index in [2.05, 4.69) is 19.2 Å². The van der Waals surface area contributed by atoms with Crippen molar-refractivity contribution in [1.29, 1.82) is 0 Å². The first kappa shape index (κ1) is 10.0. The molecule has 72 valence electrons. The van der Waals surface area contributed by atoms with E-state index in [0.717, 1.165) is 19.1 Å². The third kappa shape index (κ3) is 3.55. The summed E-state index contributed by atoms with van der Waals surface area (Å²) in [4.78, 5) is 0. The number of rotatable bonds is 6. The largest absolute Gasteiger partial charge is 0.377 e. The third-order valence-corrected chi connectivity index (χ3v) is 2.51. The molecule has 1 saturated carbocycles. The SMILES string of the molecule is CCOC(C)CNC(C)C1CC1. The van der Waals surface area contributed by atoms with Crippen LogP contribution in [-0.4, -0.2) is 25.3 Å². The Labute approximate surface area is 75.7 Å². The Kier molecular flexibility index (Phi) is 4.02. The molecule has 0 saturated heterocycles. The van der Waals surface area contributed by atoms with Gasteiger partial charge in [-0.2, -0.15) is 0 Å². The molecule has 0 bridgehead atoms. The summed E-state index contributed by atoms with van der Waals surface area (Å²) in [6.07, 6.45) is 3.19. The first-order chi connectivity index (χ1) is 5.74. The Bertz CT molecular complexity index is 123. The van der Waals surface area contributed by atoms with E-state index in [9.17, 15) is 0 Å². The van der Waals surface area contributed by atoms with Gasteiger partial charge in [0.05, 0.1) is 6.10 Å². The molecule has 0 spiro atoms. The first-order valence-electron chi connectivity index (χ1n) is 5.09. The summed E-state index contributed by atoms with van der Waals surface area (Å²) in [6.45, 7) is 8.25. The second-order valence-corrected chi connectivity index (χ2v) is 3.80. The molecule has 0 aromatic rings. The van der Waals surface area contributed by atoms with Crippen molar-refractivity contribution in [3.63, 3.8) is 0 Å². The Balaban J connectivity index is 1.99. The normalized spacial score (nSPS) is 22.2. The van der Waals surface area contributed by atoms with Crippen molar-refractivity contribution in [2.45, 2.75) is 45.8 Å². The highest BCUT2D eigenvalue weighted by atomic mass is 16.5. The summed E-state index contributed by atoms with van der Waals surface area (Å²) >= 11 is 0. The minimum absolute atomic E-state index is 0.358. The Hall–Kier alpha value is -0.0800. The number of hydrogen-bond acceptors (Lipinski definition) is 2.